The van der Waals surface area contributed by atoms with Crippen molar-refractivity contribution in [1.82, 2.24) is 9.97 Å². The van der Waals surface area contributed by atoms with E-state index in [0.29, 0.717) is 12.5 Å². The lowest BCUT2D eigenvalue weighted by Gasteiger charge is -2.13. The zero-order valence-corrected chi connectivity index (χ0v) is 13.9. The minimum atomic E-state index is -0.423. The number of hydrogen-bond acceptors (Lipinski definition) is 3. The molecule has 1 aromatic heterocycles. The summed E-state index contributed by atoms with van der Waals surface area (Å²) >= 11 is 0. The van der Waals surface area contributed by atoms with Crippen LogP contribution in [0.2, 0.25) is 0 Å². The third-order valence-electron chi connectivity index (χ3n) is 4.21. The first-order valence-electron chi connectivity index (χ1n) is 8.57. The molecule has 1 heterocycles. The van der Waals surface area contributed by atoms with Gasteiger partial charge in [-0.25, -0.2) is 4.98 Å². The Morgan fingerprint density at radius 1 is 1.48 bits per heavy atom. The van der Waals surface area contributed by atoms with Crippen LogP contribution in [0.4, 0.5) is 5.69 Å². The summed E-state index contributed by atoms with van der Waals surface area (Å²) in [5.74, 6) is 1.57. The van der Waals surface area contributed by atoms with E-state index < -0.39 is 6.10 Å². The van der Waals surface area contributed by atoms with Gasteiger partial charge in [0.25, 0.3) is 5.91 Å². The largest absolute Gasteiger partial charge is 0.368 e. The van der Waals surface area contributed by atoms with Crippen LogP contribution in [-0.2, 0) is 16.0 Å². The molecule has 0 spiro atoms. The number of hydrogen-bond donors (Lipinski definition) is 2. The standard InChI is InChI=1S/C18H25N3O2/c1-3-4-5-17-20-15-9-8-14(10-16(15)21-17)19-18(22)12(2)23-11-13-6-7-13/h8-10,12-13H,3-7,11H2,1-2H3,(H,19,22)(H,20,21). The number of H-pyrrole nitrogens is 1. The van der Waals surface area contributed by atoms with E-state index in [2.05, 4.69) is 22.2 Å². The highest BCUT2D eigenvalue weighted by atomic mass is 16.5. The second kappa shape index (κ2) is 7.13. The third kappa shape index (κ3) is 4.32. The molecule has 1 aliphatic rings. The lowest BCUT2D eigenvalue weighted by atomic mass is 10.2. The van der Waals surface area contributed by atoms with Crippen molar-refractivity contribution < 1.29 is 9.53 Å². The molecule has 23 heavy (non-hydrogen) atoms. The molecule has 3 rings (SSSR count). The Bertz CT molecular complexity index is 676. The number of carbonyl (C=O) groups excluding carboxylic acids is 1. The van der Waals surface area contributed by atoms with Gasteiger partial charge in [-0.15, -0.1) is 0 Å². The summed E-state index contributed by atoms with van der Waals surface area (Å²) in [6.45, 7) is 4.66. The lowest BCUT2D eigenvalue weighted by molar-refractivity contribution is -0.126. The number of anilines is 1. The maximum Gasteiger partial charge on any atom is 0.253 e. The van der Waals surface area contributed by atoms with Gasteiger partial charge in [0.05, 0.1) is 17.6 Å². The van der Waals surface area contributed by atoms with Gasteiger partial charge in [-0.3, -0.25) is 4.79 Å². The van der Waals surface area contributed by atoms with E-state index in [1.165, 1.54) is 12.8 Å². The number of imidazole rings is 1. The Morgan fingerprint density at radius 3 is 3.04 bits per heavy atom. The first-order chi connectivity index (χ1) is 11.2. The average molecular weight is 315 g/mol. The molecule has 1 atom stereocenters. The van der Waals surface area contributed by atoms with Crippen LogP contribution in [0.5, 0.6) is 0 Å². The molecule has 0 aliphatic heterocycles. The smallest absolute Gasteiger partial charge is 0.253 e. The van der Waals surface area contributed by atoms with Crippen molar-refractivity contribution in [2.75, 3.05) is 11.9 Å². The van der Waals surface area contributed by atoms with Gasteiger partial charge < -0.3 is 15.0 Å². The maximum atomic E-state index is 12.2. The van der Waals surface area contributed by atoms with Crippen LogP contribution in [-0.4, -0.2) is 28.6 Å². The molecule has 1 fully saturated rings. The SMILES string of the molecule is CCCCc1nc2ccc(NC(=O)C(C)OCC3CC3)cc2[nH]1. The predicted octanol–water partition coefficient (Wildman–Crippen LogP) is 3.66. The first kappa shape index (κ1) is 16.0. The summed E-state index contributed by atoms with van der Waals surface area (Å²) in [5.41, 5.74) is 2.67. The van der Waals surface area contributed by atoms with Crippen molar-refractivity contribution in [2.24, 2.45) is 5.92 Å². The van der Waals surface area contributed by atoms with Gasteiger partial charge in [0.2, 0.25) is 0 Å². The van der Waals surface area contributed by atoms with Gasteiger partial charge >= 0.3 is 0 Å². The predicted molar refractivity (Wildman–Crippen MR) is 91.5 cm³/mol. The molecule has 1 aromatic carbocycles. The molecule has 5 nitrogen and oxygen atoms in total. The van der Waals surface area contributed by atoms with Gasteiger partial charge in [0.1, 0.15) is 11.9 Å². The molecule has 124 valence electrons. The van der Waals surface area contributed by atoms with Gasteiger partial charge in [-0.1, -0.05) is 13.3 Å². The van der Waals surface area contributed by atoms with Crippen molar-refractivity contribution in [1.29, 1.82) is 0 Å². The van der Waals surface area contributed by atoms with E-state index in [4.69, 9.17) is 4.74 Å². The molecule has 0 saturated heterocycles. The number of nitrogens with one attached hydrogen (secondary N) is 2. The number of aryl methyl sites for hydroxylation is 1. The van der Waals surface area contributed by atoms with Crippen molar-refractivity contribution in [3.63, 3.8) is 0 Å². The molecule has 1 aliphatic carbocycles. The van der Waals surface area contributed by atoms with Crippen LogP contribution < -0.4 is 5.32 Å². The fourth-order valence-corrected chi connectivity index (χ4v) is 2.49. The Balaban J connectivity index is 1.61. The van der Waals surface area contributed by atoms with Crippen molar-refractivity contribution in [3.05, 3.63) is 24.0 Å². The number of aromatic amines is 1. The van der Waals surface area contributed by atoms with Crippen molar-refractivity contribution in [3.8, 4) is 0 Å². The normalized spacial score (nSPS) is 15.7. The number of aromatic nitrogens is 2. The second-order valence-corrected chi connectivity index (χ2v) is 6.43. The van der Waals surface area contributed by atoms with Crippen LogP contribution >= 0.6 is 0 Å². The molecule has 1 amide bonds. The van der Waals surface area contributed by atoms with E-state index >= 15 is 0 Å². The molecular formula is C18H25N3O2. The minimum absolute atomic E-state index is 0.101. The van der Waals surface area contributed by atoms with E-state index in [1.807, 2.05) is 18.2 Å². The van der Waals surface area contributed by atoms with Crippen molar-refractivity contribution >= 4 is 22.6 Å². The zero-order valence-electron chi connectivity index (χ0n) is 13.9. The van der Waals surface area contributed by atoms with Crippen LogP contribution in [0.1, 0.15) is 45.4 Å². The zero-order chi connectivity index (χ0) is 16.2. The molecule has 0 bridgehead atoms. The fraction of sp³-hybridized carbons (Fsp3) is 0.556. The summed E-state index contributed by atoms with van der Waals surface area (Å²) in [6, 6.07) is 5.76. The third-order valence-corrected chi connectivity index (χ3v) is 4.21. The summed E-state index contributed by atoms with van der Waals surface area (Å²) in [6.07, 6.45) is 5.26. The molecule has 0 radical (unpaired) electrons. The minimum Gasteiger partial charge on any atom is -0.368 e. The quantitative estimate of drug-likeness (QED) is 0.781. The summed E-state index contributed by atoms with van der Waals surface area (Å²) in [4.78, 5) is 20.1. The Morgan fingerprint density at radius 2 is 2.30 bits per heavy atom. The van der Waals surface area contributed by atoms with Crippen LogP contribution in [0.25, 0.3) is 11.0 Å². The Hall–Kier alpha value is -1.88. The number of rotatable bonds is 8. The van der Waals surface area contributed by atoms with Crippen molar-refractivity contribution in [2.45, 2.75) is 52.1 Å². The number of ether oxygens (including phenoxy) is 1. The van der Waals surface area contributed by atoms with Gasteiger partial charge in [0, 0.05) is 12.1 Å². The highest BCUT2D eigenvalue weighted by Crippen LogP contribution is 2.29. The molecule has 2 aromatic rings. The number of fused-ring (bicyclic) bond motifs is 1. The first-order valence-corrected chi connectivity index (χ1v) is 8.57. The van der Waals surface area contributed by atoms with Crippen LogP contribution in [0, 0.1) is 5.92 Å². The highest BCUT2D eigenvalue weighted by Gasteiger charge is 2.24. The number of amides is 1. The van der Waals surface area contributed by atoms with Gasteiger partial charge in [-0.2, -0.15) is 0 Å². The summed E-state index contributed by atoms with van der Waals surface area (Å²) in [5, 5.41) is 2.92. The number of carbonyl (C=O) groups is 1. The Labute approximate surface area is 136 Å². The molecule has 1 unspecified atom stereocenters. The highest BCUT2D eigenvalue weighted by molar-refractivity contribution is 5.95. The van der Waals surface area contributed by atoms with Gasteiger partial charge in [-0.05, 0) is 50.3 Å². The summed E-state index contributed by atoms with van der Waals surface area (Å²) < 4.78 is 5.60. The summed E-state index contributed by atoms with van der Waals surface area (Å²) in [7, 11) is 0. The van der Waals surface area contributed by atoms with Crippen LogP contribution in [0.15, 0.2) is 18.2 Å². The second-order valence-electron chi connectivity index (χ2n) is 6.43. The maximum absolute atomic E-state index is 12.2. The molecule has 2 N–H and O–H groups in total. The Kier molecular flexibility index (Phi) is 4.96. The monoisotopic (exact) mass is 315 g/mol. The van der Waals surface area contributed by atoms with Crippen LogP contribution in [0.3, 0.4) is 0 Å². The number of nitrogens with zero attached hydrogens (tertiary/aromatic N) is 1. The lowest BCUT2D eigenvalue weighted by Crippen LogP contribution is -2.28. The molecular weight excluding hydrogens is 290 g/mol. The number of benzene rings is 1. The number of unbranched alkanes of at least 4 members (excludes halogenated alkanes) is 1. The van der Waals surface area contributed by atoms with E-state index in [-0.39, 0.29) is 5.91 Å². The van der Waals surface area contributed by atoms with Gasteiger partial charge in [0.15, 0.2) is 0 Å². The van der Waals surface area contributed by atoms with E-state index in [1.54, 1.807) is 6.92 Å². The van der Waals surface area contributed by atoms with E-state index in [9.17, 15) is 4.79 Å². The average Bonchev–Trinajstić information content (AvgIpc) is 3.28. The molecule has 1 saturated carbocycles. The van der Waals surface area contributed by atoms with E-state index in [0.717, 1.165) is 41.8 Å². The molecule has 5 heteroatoms. The fourth-order valence-electron chi connectivity index (χ4n) is 2.49. The topological polar surface area (TPSA) is 67.0 Å².